The Kier molecular flexibility index (Phi) is 6.30. The summed E-state index contributed by atoms with van der Waals surface area (Å²) in [5, 5.41) is 0.620. The molecule has 8 heteroatoms. The molecular formula is C24H21ClN2O4S. The monoisotopic (exact) mass is 468 g/mol. The number of aromatic nitrogens is 1. The number of benzene rings is 2. The van der Waals surface area contributed by atoms with Crippen LogP contribution in [0.3, 0.4) is 0 Å². The van der Waals surface area contributed by atoms with Crippen molar-refractivity contribution < 1.29 is 14.3 Å². The molecule has 0 saturated heterocycles. The van der Waals surface area contributed by atoms with Gasteiger partial charge in [0.25, 0.3) is 5.56 Å². The first-order valence-electron chi connectivity index (χ1n) is 10.0. The summed E-state index contributed by atoms with van der Waals surface area (Å²) in [6.07, 6.45) is 1.79. The zero-order valence-corrected chi connectivity index (χ0v) is 19.4. The van der Waals surface area contributed by atoms with Gasteiger partial charge in [-0.05, 0) is 43.7 Å². The SMILES string of the molecule is CCOC(=O)C1=C(C)N=c2s/c(=C\c3ccc(Cl)cc3)c(=O)n2[C@@H]1c1ccccc1OC. The Labute approximate surface area is 193 Å². The van der Waals surface area contributed by atoms with Crippen molar-refractivity contribution >= 4 is 35.0 Å². The average molecular weight is 469 g/mol. The number of carbonyl (C=O) groups is 1. The van der Waals surface area contributed by atoms with Crippen LogP contribution < -0.4 is 19.6 Å². The van der Waals surface area contributed by atoms with Gasteiger partial charge in [-0.15, -0.1) is 0 Å². The third-order valence-electron chi connectivity index (χ3n) is 5.12. The second-order valence-corrected chi connectivity index (χ2v) is 8.54. The lowest BCUT2D eigenvalue weighted by molar-refractivity contribution is -0.139. The van der Waals surface area contributed by atoms with Crippen molar-refractivity contribution in [2.24, 2.45) is 4.99 Å². The van der Waals surface area contributed by atoms with E-state index in [1.807, 2.05) is 30.3 Å². The topological polar surface area (TPSA) is 69.9 Å². The Morgan fingerprint density at radius 3 is 2.62 bits per heavy atom. The smallest absolute Gasteiger partial charge is 0.338 e. The lowest BCUT2D eigenvalue weighted by Crippen LogP contribution is -2.40. The first kappa shape index (κ1) is 22.0. The number of hydrogen-bond acceptors (Lipinski definition) is 6. The number of esters is 1. The molecule has 1 aliphatic rings. The van der Waals surface area contributed by atoms with Crippen LogP contribution in [0.4, 0.5) is 0 Å². The second kappa shape index (κ2) is 9.14. The average Bonchev–Trinajstić information content (AvgIpc) is 3.09. The highest BCUT2D eigenvalue weighted by molar-refractivity contribution is 7.07. The van der Waals surface area contributed by atoms with Crippen LogP contribution in [0, 0.1) is 0 Å². The Balaban J connectivity index is 1.98. The maximum atomic E-state index is 13.5. The van der Waals surface area contributed by atoms with Gasteiger partial charge in [0.15, 0.2) is 4.80 Å². The molecular weight excluding hydrogens is 448 g/mol. The zero-order chi connectivity index (χ0) is 22.8. The minimum Gasteiger partial charge on any atom is -0.496 e. The maximum absolute atomic E-state index is 13.5. The number of para-hydroxylation sites is 1. The van der Waals surface area contributed by atoms with E-state index in [1.165, 1.54) is 11.3 Å². The number of fused-ring (bicyclic) bond motifs is 1. The fraction of sp³-hybridized carbons (Fsp3) is 0.208. The van der Waals surface area contributed by atoms with Crippen LogP contribution in [0.2, 0.25) is 5.02 Å². The highest BCUT2D eigenvalue weighted by Crippen LogP contribution is 2.35. The number of nitrogens with zero attached hydrogens (tertiary/aromatic N) is 2. The number of allylic oxidation sites excluding steroid dienone is 1. The Morgan fingerprint density at radius 1 is 1.22 bits per heavy atom. The summed E-state index contributed by atoms with van der Waals surface area (Å²) < 4.78 is 12.9. The van der Waals surface area contributed by atoms with Crippen LogP contribution in [-0.2, 0) is 9.53 Å². The van der Waals surface area contributed by atoms with Gasteiger partial charge in [-0.3, -0.25) is 9.36 Å². The number of carbonyl (C=O) groups excluding carboxylic acids is 1. The van der Waals surface area contributed by atoms with Gasteiger partial charge in [0, 0.05) is 10.6 Å². The molecule has 1 aromatic heterocycles. The molecule has 0 spiro atoms. The number of thiazole rings is 1. The summed E-state index contributed by atoms with van der Waals surface area (Å²) in [6.45, 7) is 3.72. The summed E-state index contributed by atoms with van der Waals surface area (Å²) >= 11 is 7.25. The van der Waals surface area contributed by atoms with Crippen molar-refractivity contribution in [2.45, 2.75) is 19.9 Å². The lowest BCUT2D eigenvalue weighted by atomic mass is 9.95. The molecule has 32 heavy (non-hydrogen) atoms. The zero-order valence-electron chi connectivity index (χ0n) is 17.8. The molecule has 0 amide bonds. The van der Waals surface area contributed by atoms with E-state index in [9.17, 15) is 9.59 Å². The molecule has 164 valence electrons. The maximum Gasteiger partial charge on any atom is 0.338 e. The minimum absolute atomic E-state index is 0.218. The fourth-order valence-corrected chi connectivity index (χ4v) is 4.86. The molecule has 0 saturated carbocycles. The van der Waals surface area contributed by atoms with Crippen LogP contribution in [0.1, 0.15) is 31.0 Å². The van der Waals surface area contributed by atoms with Crippen molar-refractivity contribution in [2.75, 3.05) is 13.7 Å². The molecule has 2 aromatic carbocycles. The highest BCUT2D eigenvalue weighted by Gasteiger charge is 2.34. The standard InChI is InChI=1S/C24H21ClN2O4S/c1-4-31-23(29)20-14(2)26-24-27(21(20)17-7-5-6-8-18(17)30-3)22(28)19(32-24)13-15-9-11-16(25)12-10-15/h5-13,21H,4H2,1-3H3/b19-13-/t21-/m1/s1. The summed E-state index contributed by atoms with van der Waals surface area (Å²) in [5.41, 5.74) is 2.12. The third kappa shape index (κ3) is 4.01. The minimum atomic E-state index is -0.714. The summed E-state index contributed by atoms with van der Waals surface area (Å²) in [7, 11) is 1.56. The number of rotatable bonds is 5. The molecule has 0 aliphatic carbocycles. The van der Waals surface area contributed by atoms with Crippen LogP contribution in [-0.4, -0.2) is 24.3 Å². The predicted molar refractivity (Wildman–Crippen MR) is 125 cm³/mol. The van der Waals surface area contributed by atoms with E-state index in [0.717, 1.165) is 5.56 Å². The molecule has 6 nitrogen and oxygen atoms in total. The van der Waals surface area contributed by atoms with Crippen molar-refractivity contribution in [3.8, 4) is 5.75 Å². The molecule has 4 rings (SSSR count). The van der Waals surface area contributed by atoms with Gasteiger partial charge in [-0.25, -0.2) is 9.79 Å². The van der Waals surface area contributed by atoms with Crippen LogP contribution in [0.25, 0.3) is 6.08 Å². The van der Waals surface area contributed by atoms with E-state index in [4.69, 9.17) is 21.1 Å². The van der Waals surface area contributed by atoms with Gasteiger partial charge < -0.3 is 9.47 Å². The Bertz CT molecular complexity index is 1390. The van der Waals surface area contributed by atoms with Crippen molar-refractivity contribution in [3.63, 3.8) is 0 Å². The number of halogens is 1. The van der Waals surface area contributed by atoms with Gasteiger partial charge in [-0.1, -0.05) is 53.3 Å². The second-order valence-electron chi connectivity index (χ2n) is 7.10. The van der Waals surface area contributed by atoms with Gasteiger partial charge in [0.05, 0.1) is 29.5 Å². The van der Waals surface area contributed by atoms with Gasteiger partial charge in [0.1, 0.15) is 11.8 Å². The van der Waals surface area contributed by atoms with Crippen LogP contribution >= 0.6 is 22.9 Å². The number of ether oxygens (including phenoxy) is 2. The molecule has 2 heterocycles. The van der Waals surface area contributed by atoms with Gasteiger partial charge in [0.2, 0.25) is 0 Å². The van der Waals surface area contributed by atoms with Crippen LogP contribution in [0.15, 0.2) is 69.6 Å². The normalized spacial score (nSPS) is 15.9. The quantitative estimate of drug-likeness (QED) is 0.538. The Morgan fingerprint density at radius 2 is 1.94 bits per heavy atom. The van der Waals surface area contributed by atoms with Gasteiger partial charge >= 0.3 is 5.97 Å². The highest BCUT2D eigenvalue weighted by atomic mass is 35.5. The molecule has 1 aliphatic heterocycles. The lowest BCUT2D eigenvalue weighted by Gasteiger charge is -2.25. The van der Waals surface area contributed by atoms with E-state index in [1.54, 1.807) is 49.8 Å². The fourth-order valence-electron chi connectivity index (χ4n) is 3.69. The molecule has 0 radical (unpaired) electrons. The molecule has 0 unspecified atom stereocenters. The van der Waals surface area contributed by atoms with Crippen molar-refractivity contribution in [1.29, 1.82) is 0 Å². The number of hydrogen-bond donors (Lipinski definition) is 0. The third-order valence-corrected chi connectivity index (χ3v) is 6.35. The molecule has 0 fully saturated rings. The first-order valence-corrected chi connectivity index (χ1v) is 11.2. The molecule has 1 atom stereocenters. The van der Waals surface area contributed by atoms with Gasteiger partial charge in [-0.2, -0.15) is 0 Å². The molecule has 3 aromatic rings. The largest absolute Gasteiger partial charge is 0.496 e. The Hall–Kier alpha value is -3.16. The van der Waals surface area contributed by atoms with E-state index < -0.39 is 12.0 Å². The van der Waals surface area contributed by atoms with Crippen LogP contribution in [0.5, 0.6) is 5.75 Å². The van der Waals surface area contributed by atoms with Crippen molar-refractivity contribution in [1.82, 2.24) is 4.57 Å². The predicted octanol–water partition coefficient (Wildman–Crippen LogP) is 3.46. The van der Waals surface area contributed by atoms with E-state index in [0.29, 0.717) is 36.9 Å². The van der Waals surface area contributed by atoms with E-state index in [-0.39, 0.29) is 12.2 Å². The molecule has 0 N–H and O–H groups in total. The summed E-state index contributed by atoms with van der Waals surface area (Å²) in [4.78, 5) is 31.6. The number of methoxy groups -OCH3 is 1. The molecule has 0 bridgehead atoms. The van der Waals surface area contributed by atoms with E-state index >= 15 is 0 Å². The summed E-state index contributed by atoms with van der Waals surface area (Å²) in [6, 6.07) is 13.8. The van der Waals surface area contributed by atoms with E-state index in [2.05, 4.69) is 4.99 Å². The van der Waals surface area contributed by atoms with Crippen molar-refractivity contribution in [3.05, 3.63) is 95.6 Å². The summed E-state index contributed by atoms with van der Waals surface area (Å²) in [5.74, 6) is 0.0675. The first-order chi connectivity index (χ1) is 15.4.